The molecule has 182 valence electrons. The maximum atomic E-state index is 6.37. The summed E-state index contributed by atoms with van der Waals surface area (Å²) in [5.41, 5.74) is 8.51. The normalized spacial score (nSPS) is 35.1. The molecule has 2 nitrogen and oxygen atoms in total. The predicted octanol–water partition coefficient (Wildman–Crippen LogP) is 7.83. The number of piperidine rings is 1. The Labute approximate surface area is 203 Å². The van der Waals surface area contributed by atoms with Crippen LogP contribution in [0.15, 0.2) is 46.1 Å². The number of likely N-dealkylation sites (tertiary alicyclic amines) is 1. The van der Waals surface area contributed by atoms with Gasteiger partial charge >= 0.3 is 0 Å². The maximum Gasteiger partial charge on any atom is 0.108 e. The molecule has 0 aromatic heterocycles. The fourth-order valence-electron chi connectivity index (χ4n) is 7.61. The van der Waals surface area contributed by atoms with Crippen molar-refractivity contribution in [1.29, 1.82) is 0 Å². The van der Waals surface area contributed by atoms with Crippen molar-refractivity contribution in [2.24, 2.45) is 29.6 Å². The first-order valence-corrected chi connectivity index (χ1v) is 14.0. The van der Waals surface area contributed by atoms with Crippen LogP contribution in [0.3, 0.4) is 0 Å². The average Bonchev–Trinajstić information content (AvgIpc) is 3.52. The molecule has 3 fully saturated rings. The van der Waals surface area contributed by atoms with Gasteiger partial charge in [-0.2, -0.15) is 0 Å². The highest BCUT2D eigenvalue weighted by Crippen LogP contribution is 2.58. The second-order valence-electron chi connectivity index (χ2n) is 12.7. The largest absolute Gasteiger partial charge is 0.358 e. The minimum atomic E-state index is -0.0774. The van der Waals surface area contributed by atoms with Crippen LogP contribution in [0.1, 0.15) is 92.9 Å². The molecule has 33 heavy (non-hydrogen) atoms. The Bertz CT molecular complexity index is 867. The number of fused-ring (bicyclic) bond motifs is 5. The van der Waals surface area contributed by atoms with E-state index in [0.717, 1.165) is 23.7 Å². The Hall–Kier alpha value is -1.12. The molecule has 1 saturated heterocycles. The van der Waals surface area contributed by atoms with Gasteiger partial charge in [0.25, 0.3) is 0 Å². The quantitative estimate of drug-likeness (QED) is 0.409. The van der Waals surface area contributed by atoms with E-state index in [1.54, 1.807) is 22.3 Å². The molecule has 2 heteroatoms. The second kappa shape index (κ2) is 9.15. The maximum absolute atomic E-state index is 6.37. The number of rotatable bonds is 6. The zero-order valence-electron chi connectivity index (χ0n) is 22.1. The van der Waals surface area contributed by atoms with Crippen molar-refractivity contribution in [3.05, 3.63) is 46.1 Å². The lowest BCUT2D eigenvalue weighted by molar-refractivity contribution is -0.137. The van der Waals surface area contributed by atoms with Gasteiger partial charge in [-0.3, -0.25) is 4.90 Å². The molecule has 0 aromatic carbocycles. The molecule has 4 aliphatic carbocycles. The van der Waals surface area contributed by atoms with Gasteiger partial charge in [0.05, 0.1) is 5.60 Å². The van der Waals surface area contributed by atoms with Gasteiger partial charge in [0, 0.05) is 24.9 Å². The Balaban J connectivity index is 1.40. The van der Waals surface area contributed by atoms with Crippen LogP contribution in [0.5, 0.6) is 0 Å². The first-order chi connectivity index (χ1) is 15.7. The molecule has 5 atom stereocenters. The Morgan fingerprint density at radius 3 is 2.42 bits per heavy atom. The summed E-state index contributed by atoms with van der Waals surface area (Å²) in [6, 6.07) is 0. The van der Waals surface area contributed by atoms with Crippen LogP contribution in [0, 0.1) is 29.6 Å². The number of ether oxygens (including phenoxy) is 1. The summed E-state index contributed by atoms with van der Waals surface area (Å²) in [4.78, 5) is 2.65. The molecular weight excluding hydrogens is 402 g/mol. The van der Waals surface area contributed by atoms with Gasteiger partial charge in [-0.1, -0.05) is 59.4 Å². The molecule has 5 unspecified atom stereocenters. The zero-order valence-corrected chi connectivity index (χ0v) is 22.1. The summed E-state index contributed by atoms with van der Waals surface area (Å²) < 4.78 is 6.37. The molecule has 0 radical (unpaired) electrons. The third-order valence-electron chi connectivity index (χ3n) is 9.10. The highest BCUT2D eigenvalue weighted by Gasteiger charge is 2.49. The van der Waals surface area contributed by atoms with E-state index in [1.807, 2.05) is 5.57 Å². The summed E-state index contributed by atoms with van der Waals surface area (Å²) in [5, 5.41) is 0. The molecule has 0 aromatic rings. The fraction of sp³-hybridized carbons (Fsp3) is 0.742. The number of nitrogens with zero attached hydrogens (tertiary/aromatic N) is 1. The molecule has 0 spiro atoms. The fourth-order valence-corrected chi connectivity index (χ4v) is 7.61. The van der Waals surface area contributed by atoms with Crippen LogP contribution in [0.25, 0.3) is 0 Å². The van der Waals surface area contributed by atoms with Crippen molar-refractivity contribution in [3.8, 4) is 0 Å². The van der Waals surface area contributed by atoms with Crippen molar-refractivity contribution >= 4 is 0 Å². The van der Waals surface area contributed by atoms with Gasteiger partial charge in [0.2, 0.25) is 0 Å². The second-order valence-corrected chi connectivity index (χ2v) is 12.7. The summed E-state index contributed by atoms with van der Waals surface area (Å²) >= 11 is 0. The van der Waals surface area contributed by atoms with Crippen molar-refractivity contribution in [1.82, 2.24) is 4.90 Å². The SMILES string of the molecule is CCCCC1=CCCC2C(=C1)C1CC1=C(C)C=C2C1C2CCC1CN(C(C)OC(C)(C)C)C2. The van der Waals surface area contributed by atoms with Gasteiger partial charge in [-0.05, 0) is 97.3 Å². The molecular formula is C31H47NO. The van der Waals surface area contributed by atoms with Crippen LogP contribution in [0.4, 0.5) is 0 Å². The summed E-state index contributed by atoms with van der Waals surface area (Å²) in [7, 11) is 0. The molecule has 5 rings (SSSR count). The number of allylic oxidation sites excluding steroid dienone is 8. The van der Waals surface area contributed by atoms with E-state index >= 15 is 0 Å². The first kappa shape index (κ1) is 23.6. The number of hydrogen-bond acceptors (Lipinski definition) is 2. The van der Waals surface area contributed by atoms with E-state index < -0.39 is 0 Å². The zero-order chi connectivity index (χ0) is 23.3. The molecule has 0 amide bonds. The van der Waals surface area contributed by atoms with E-state index in [-0.39, 0.29) is 11.8 Å². The molecule has 1 aliphatic heterocycles. The van der Waals surface area contributed by atoms with E-state index in [9.17, 15) is 0 Å². The lowest BCUT2D eigenvalue weighted by Gasteiger charge is -2.44. The summed E-state index contributed by atoms with van der Waals surface area (Å²) in [6.07, 6.45) is 18.8. The summed E-state index contributed by atoms with van der Waals surface area (Å²) in [6.45, 7) is 16.0. The van der Waals surface area contributed by atoms with Gasteiger partial charge in [-0.15, -0.1) is 0 Å². The average molecular weight is 450 g/mol. The van der Waals surface area contributed by atoms with Gasteiger partial charge in [-0.25, -0.2) is 0 Å². The highest BCUT2D eigenvalue weighted by atomic mass is 16.5. The van der Waals surface area contributed by atoms with Crippen LogP contribution < -0.4 is 0 Å². The minimum Gasteiger partial charge on any atom is -0.358 e. The van der Waals surface area contributed by atoms with E-state index in [2.05, 4.69) is 64.7 Å². The third kappa shape index (κ3) is 4.85. The van der Waals surface area contributed by atoms with Crippen molar-refractivity contribution in [3.63, 3.8) is 0 Å². The van der Waals surface area contributed by atoms with Crippen molar-refractivity contribution < 1.29 is 4.74 Å². The van der Waals surface area contributed by atoms with Crippen LogP contribution in [-0.4, -0.2) is 29.8 Å². The first-order valence-electron chi connectivity index (χ1n) is 14.0. The van der Waals surface area contributed by atoms with Crippen molar-refractivity contribution in [2.45, 2.75) is 105 Å². The van der Waals surface area contributed by atoms with Gasteiger partial charge < -0.3 is 4.74 Å². The standard InChI is InChI=1S/C31H47NO/c1-7-8-10-22-11-9-12-25-27(16-22)28-17-26(28)20(2)15-29(25)30-23-13-14-24(30)19-32(18-23)21(3)33-31(4,5)6/h11,15-16,21,23-25,28,30H,7-10,12-14,17-19H2,1-6H3. The number of hydrogen-bond donors (Lipinski definition) is 0. The van der Waals surface area contributed by atoms with E-state index in [0.29, 0.717) is 5.92 Å². The third-order valence-corrected chi connectivity index (χ3v) is 9.10. The predicted molar refractivity (Wildman–Crippen MR) is 139 cm³/mol. The van der Waals surface area contributed by atoms with Crippen LogP contribution in [-0.2, 0) is 4.74 Å². The molecule has 1 heterocycles. The molecule has 2 saturated carbocycles. The number of unbranched alkanes of at least 4 members (excludes halogenated alkanes) is 1. The van der Waals surface area contributed by atoms with Crippen LogP contribution in [0.2, 0.25) is 0 Å². The van der Waals surface area contributed by atoms with Gasteiger partial charge in [0.1, 0.15) is 6.23 Å². The smallest absolute Gasteiger partial charge is 0.108 e. The highest BCUT2D eigenvalue weighted by molar-refractivity contribution is 5.52. The lowest BCUT2D eigenvalue weighted by atomic mass is 9.71. The van der Waals surface area contributed by atoms with Gasteiger partial charge in [0.15, 0.2) is 0 Å². The minimum absolute atomic E-state index is 0.0774. The Kier molecular flexibility index (Phi) is 6.55. The van der Waals surface area contributed by atoms with Crippen LogP contribution >= 0.6 is 0 Å². The molecule has 5 aliphatic rings. The Morgan fingerprint density at radius 2 is 1.76 bits per heavy atom. The van der Waals surface area contributed by atoms with E-state index in [1.165, 1.54) is 64.5 Å². The lowest BCUT2D eigenvalue weighted by Crippen LogP contribution is -2.49. The molecule has 2 bridgehead atoms. The summed E-state index contributed by atoms with van der Waals surface area (Å²) in [5.74, 6) is 3.81. The molecule has 0 N–H and O–H groups in total. The Morgan fingerprint density at radius 1 is 1.03 bits per heavy atom. The van der Waals surface area contributed by atoms with E-state index in [4.69, 9.17) is 4.74 Å². The van der Waals surface area contributed by atoms with Crippen molar-refractivity contribution in [2.75, 3.05) is 13.1 Å². The monoisotopic (exact) mass is 449 g/mol. The topological polar surface area (TPSA) is 12.5 Å².